The molecule has 0 aromatic rings. The summed E-state index contributed by atoms with van der Waals surface area (Å²) >= 11 is 1.67. The monoisotopic (exact) mass is 227 g/mol. The zero-order valence-electron chi connectivity index (χ0n) is 9.17. The van der Waals surface area contributed by atoms with Gasteiger partial charge in [-0.1, -0.05) is 19.8 Å². The summed E-state index contributed by atoms with van der Waals surface area (Å²) in [5, 5.41) is 12.4. The van der Waals surface area contributed by atoms with Crippen LogP contribution in [0.5, 0.6) is 0 Å². The van der Waals surface area contributed by atoms with Crippen molar-refractivity contribution in [2.75, 3.05) is 18.1 Å². The molecule has 2 N–H and O–H groups in total. The van der Waals surface area contributed by atoms with Crippen molar-refractivity contribution < 1.29 is 9.90 Å². The average Bonchev–Trinajstić information content (AvgIpc) is 2.15. The Kier molecular flexibility index (Phi) is 3.69. The predicted molar refractivity (Wildman–Crippen MR) is 62.9 cm³/mol. The fraction of sp³-hybridized carbons (Fsp3) is 0.727. The van der Waals surface area contributed by atoms with Crippen LogP contribution in [0.1, 0.15) is 20.3 Å². The van der Waals surface area contributed by atoms with E-state index in [1.54, 1.807) is 11.8 Å². The van der Waals surface area contributed by atoms with Crippen LogP contribution in [0.3, 0.4) is 0 Å². The van der Waals surface area contributed by atoms with Crippen molar-refractivity contribution in [3.63, 3.8) is 0 Å². The second kappa shape index (κ2) is 4.46. The molecule has 1 rings (SSSR count). The molecule has 0 aromatic heterocycles. The molecule has 0 radical (unpaired) electrons. The number of thioether (sulfide) groups is 1. The van der Waals surface area contributed by atoms with Gasteiger partial charge in [0.1, 0.15) is 5.54 Å². The summed E-state index contributed by atoms with van der Waals surface area (Å²) in [5.74, 6) is 3.25. The van der Waals surface area contributed by atoms with Crippen LogP contribution in [0.25, 0.3) is 0 Å². The van der Waals surface area contributed by atoms with Gasteiger partial charge in [-0.05, 0) is 17.6 Å². The highest BCUT2D eigenvalue weighted by Gasteiger charge is 2.52. The molecule has 4 heteroatoms. The number of hydrogen-bond donors (Lipinski definition) is 2. The first-order valence-electron chi connectivity index (χ1n) is 4.96. The van der Waals surface area contributed by atoms with E-state index in [0.29, 0.717) is 12.3 Å². The number of rotatable bonds is 3. The van der Waals surface area contributed by atoms with Crippen molar-refractivity contribution in [3.05, 3.63) is 0 Å². The molecule has 0 spiro atoms. The van der Waals surface area contributed by atoms with E-state index in [4.69, 9.17) is 6.42 Å². The van der Waals surface area contributed by atoms with Gasteiger partial charge >= 0.3 is 5.97 Å². The molecule has 1 fully saturated rings. The summed E-state index contributed by atoms with van der Waals surface area (Å²) in [6.07, 6.45) is 6.07. The van der Waals surface area contributed by atoms with Crippen molar-refractivity contribution in [1.29, 1.82) is 0 Å². The standard InChI is InChI=1S/C11H17NO2S/c1-4-6-12-11(9(13)14)8-15-7-5-10(11,2)3/h1,12H,5-8H2,2-3H3,(H,13,14). The number of nitrogens with one attached hydrogen (secondary N) is 1. The highest BCUT2D eigenvalue weighted by molar-refractivity contribution is 7.99. The van der Waals surface area contributed by atoms with Crippen molar-refractivity contribution in [2.45, 2.75) is 25.8 Å². The van der Waals surface area contributed by atoms with E-state index in [-0.39, 0.29) is 5.41 Å². The lowest BCUT2D eigenvalue weighted by atomic mass is 9.71. The molecule has 0 amide bonds. The van der Waals surface area contributed by atoms with Gasteiger partial charge in [0.15, 0.2) is 0 Å². The molecule has 3 nitrogen and oxygen atoms in total. The third-order valence-electron chi connectivity index (χ3n) is 3.20. The van der Waals surface area contributed by atoms with Gasteiger partial charge in [0, 0.05) is 5.75 Å². The summed E-state index contributed by atoms with van der Waals surface area (Å²) in [4.78, 5) is 11.5. The molecule has 0 aromatic carbocycles. The van der Waals surface area contributed by atoms with Crippen LogP contribution in [0.2, 0.25) is 0 Å². The maximum Gasteiger partial charge on any atom is 0.325 e. The van der Waals surface area contributed by atoms with Gasteiger partial charge in [-0.3, -0.25) is 10.1 Å². The summed E-state index contributed by atoms with van der Waals surface area (Å²) < 4.78 is 0. The molecule has 0 saturated carbocycles. The molecule has 1 unspecified atom stereocenters. The lowest BCUT2D eigenvalue weighted by Crippen LogP contribution is -2.65. The Bertz CT molecular complexity index is 295. The van der Waals surface area contributed by atoms with Crippen LogP contribution >= 0.6 is 11.8 Å². The predicted octanol–water partition coefficient (Wildman–Crippen LogP) is 1.20. The summed E-state index contributed by atoms with van der Waals surface area (Å²) in [7, 11) is 0. The molecular weight excluding hydrogens is 210 g/mol. The number of hydrogen-bond acceptors (Lipinski definition) is 3. The van der Waals surface area contributed by atoms with Crippen LogP contribution in [0.4, 0.5) is 0 Å². The Morgan fingerprint density at radius 1 is 1.67 bits per heavy atom. The maximum absolute atomic E-state index is 11.5. The lowest BCUT2D eigenvalue weighted by Gasteiger charge is -2.46. The molecule has 1 saturated heterocycles. The third kappa shape index (κ3) is 2.14. The molecule has 0 bridgehead atoms. The largest absolute Gasteiger partial charge is 0.480 e. The summed E-state index contributed by atoms with van der Waals surface area (Å²) in [6, 6.07) is 0. The first-order valence-corrected chi connectivity index (χ1v) is 6.11. The molecular formula is C11H17NO2S. The van der Waals surface area contributed by atoms with E-state index in [2.05, 4.69) is 11.2 Å². The number of carboxylic acid groups (broad SMARTS) is 1. The van der Waals surface area contributed by atoms with E-state index in [9.17, 15) is 9.90 Å². The van der Waals surface area contributed by atoms with Crippen LogP contribution in [0.15, 0.2) is 0 Å². The Hall–Kier alpha value is -0.660. The van der Waals surface area contributed by atoms with Crippen molar-refractivity contribution in [1.82, 2.24) is 5.32 Å². The minimum atomic E-state index is -0.887. The quantitative estimate of drug-likeness (QED) is 0.711. The Labute approximate surface area is 95.0 Å². The van der Waals surface area contributed by atoms with Gasteiger partial charge in [0.2, 0.25) is 0 Å². The van der Waals surface area contributed by atoms with Crippen molar-refractivity contribution >= 4 is 17.7 Å². The third-order valence-corrected chi connectivity index (χ3v) is 4.33. The van der Waals surface area contributed by atoms with E-state index in [0.717, 1.165) is 12.2 Å². The van der Waals surface area contributed by atoms with Crippen molar-refractivity contribution in [3.8, 4) is 12.3 Å². The van der Waals surface area contributed by atoms with Gasteiger partial charge in [-0.2, -0.15) is 11.8 Å². The van der Waals surface area contributed by atoms with Gasteiger partial charge in [0.05, 0.1) is 6.54 Å². The fourth-order valence-electron chi connectivity index (χ4n) is 1.88. The van der Waals surface area contributed by atoms with Gasteiger partial charge in [-0.15, -0.1) is 6.42 Å². The van der Waals surface area contributed by atoms with Crippen LogP contribution < -0.4 is 5.32 Å². The molecule has 1 aliphatic heterocycles. The highest BCUT2D eigenvalue weighted by Crippen LogP contribution is 2.42. The van der Waals surface area contributed by atoms with Gasteiger partial charge in [-0.25, -0.2) is 0 Å². The molecule has 1 aliphatic rings. The first kappa shape index (κ1) is 12.4. The molecule has 15 heavy (non-hydrogen) atoms. The zero-order valence-corrected chi connectivity index (χ0v) is 9.99. The van der Waals surface area contributed by atoms with E-state index < -0.39 is 11.5 Å². The molecule has 0 aliphatic carbocycles. The molecule has 1 atom stereocenters. The van der Waals surface area contributed by atoms with E-state index in [1.807, 2.05) is 13.8 Å². The Morgan fingerprint density at radius 2 is 2.33 bits per heavy atom. The number of aliphatic carboxylic acids is 1. The fourth-order valence-corrected chi connectivity index (χ4v) is 3.60. The topological polar surface area (TPSA) is 49.3 Å². The van der Waals surface area contributed by atoms with Crippen LogP contribution in [-0.2, 0) is 4.79 Å². The SMILES string of the molecule is C#CCNC1(C(=O)O)CSCCC1(C)C. The number of carbonyl (C=O) groups is 1. The summed E-state index contributed by atoms with van der Waals surface area (Å²) in [6.45, 7) is 4.28. The smallest absolute Gasteiger partial charge is 0.325 e. The van der Waals surface area contributed by atoms with E-state index >= 15 is 0 Å². The normalized spacial score (nSPS) is 29.4. The zero-order chi connectivity index (χ0) is 11.5. The minimum Gasteiger partial charge on any atom is -0.480 e. The second-order valence-corrected chi connectivity index (χ2v) is 5.56. The van der Waals surface area contributed by atoms with Crippen LogP contribution in [-0.4, -0.2) is 34.7 Å². The Balaban J connectivity index is 2.97. The Morgan fingerprint density at radius 3 is 2.80 bits per heavy atom. The summed E-state index contributed by atoms with van der Waals surface area (Å²) in [5.41, 5.74) is -1.15. The number of terminal acetylenes is 1. The molecule has 84 valence electrons. The van der Waals surface area contributed by atoms with Gasteiger partial charge in [0.25, 0.3) is 0 Å². The lowest BCUT2D eigenvalue weighted by molar-refractivity contribution is -0.149. The second-order valence-electron chi connectivity index (χ2n) is 4.45. The number of carboxylic acids is 1. The average molecular weight is 227 g/mol. The van der Waals surface area contributed by atoms with Crippen LogP contribution in [0, 0.1) is 17.8 Å². The van der Waals surface area contributed by atoms with Gasteiger partial charge < -0.3 is 5.11 Å². The molecule has 1 heterocycles. The van der Waals surface area contributed by atoms with Crippen molar-refractivity contribution in [2.24, 2.45) is 5.41 Å². The maximum atomic E-state index is 11.5. The minimum absolute atomic E-state index is 0.263. The highest BCUT2D eigenvalue weighted by atomic mass is 32.2. The van der Waals surface area contributed by atoms with E-state index in [1.165, 1.54) is 0 Å². The first-order chi connectivity index (χ1) is 6.96.